The third-order valence-electron chi connectivity index (χ3n) is 4.52. The minimum atomic E-state index is -3.29. The molecule has 3 atom stereocenters. The maximum Gasteiger partial charge on any atom is 0.219 e. The topological polar surface area (TPSA) is 90.0 Å². The highest BCUT2D eigenvalue weighted by Crippen LogP contribution is 2.26. The number of nitrogens with zero attached hydrogens (tertiary/aromatic N) is 2. The number of nitrogens with one attached hydrogen (secondary N) is 1. The van der Waals surface area contributed by atoms with E-state index < -0.39 is 22.2 Å². The number of sulfonamides is 1. The van der Waals surface area contributed by atoms with Gasteiger partial charge in [-0.2, -0.15) is 0 Å². The lowest BCUT2D eigenvalue weighted by Crippen LogP contribution is -2.55. The Hall–Kier alpha value is -0.700. The zero-order valence-electron chi connectivity index (χ0n) is 12.7. The number of hydrogen-bond donors (Lipinski definition) is 2. The molecular weight excluding hydrogens is 294 g/mol. The summed E-state index contributed by atoms with van der Waals surface area (Å²) in [6.45, 7) is 5.95. The van der Waals surface area contributed by atoms with E-state index in [1.807, 2.05) is 0 Å². The van der Waals surface area contributed by atoms with Crippen molar-refractivity contribution in [3.63, 3.8) is 0 Å². The molecule has 1 amide bonds. The lowest BCUT2D eigenvalue weighted by molar-refractivity contribution is -0.131. The number of aliphatic hydroxyl groups is 1. The molecule has 0 bridgehead atoms. The monoisotopic (exact) mass is 319 g/mol. The van der Waals surface area contributed by atoms with Crippen LogP contribution in [0.25, 0.3) is 0 Å². The van der Waals surface area contributed by atoms with Gasteiger partial charge in [0.15, 0.2) is 0 Å². The molecule has 2 fully saturated rings. The first-order valence-corrected chi connectivity index (χ1v) is 9.17. The first-order valence-electron chi connectivity index (χ1n) is 7.51. The number of carbonyl (C=O) groups excluding carboxylic acids is 1. The molecule has 1 aliphatic carbocycles. The fourth-order valence-electron chi connectivity index (χ4n) is 3.17. The Morgan fingerprint density at radius 3 is 2.38 bits per heavy atom. The molecule has 2 N–H and O–H groups in total. The molecule has 1 saturated heterocycles. The second-order valence-electron chi connectivity index (χ2n) is 5.81. The molecule has 21 heavy (non-hydrogen) atoms. The van der Waals surface area contributed by atoms with Gasteiger partial charge in [-0.05, 0) is 19.8 Å². The van der Waals surface area contributed by atoms with Gasteiger partial charge in [0.1, 0.15) is 0 Å². The van der Waals surface area contributed by atoms with Crippen LogP contribution in [-0.4, -0.2) is 79.4 Å². The van der Waals surface area contributed by atoms with Crippen LogP contribution in [0.3, 0.4) is 0 Å². The van der Waals surface area contributed by atoms with Crippen LogP contribution in [0.2, 0.25) is 0 Å². The third kappa shape index (κ3) is 3.94. The van der Waals surface area contributed by atoms with E-state index >= 15 is 0 Å². The molecule has 0 unspecified atom stereocenters. The van der Waals surface area contributed by atoms with Gasteiger partial charge in [-0.15, -0.1) is 0 Å². The largest absolute Gasteiger partial charge is 0.390 e. The number of amides is 1. The van der Waals surface area contributed by atoms with Crippen LogP contribution in [0.5, 0.6) is 0 Å². The summed E-state index contributed by atoms with van der Waals surface area (Å²) in [5.74, 6) is 0.105. The minimum Gasteiger partial charge on any atom is -0.390 e. The molecule has 0 spiro atoms. The highest BCUT2D eigenvalue weighted by atomic mass is 32.2. The van der Waals surface area contributed by atoms with Crippen molar-refractivity contribution in [1.82, 2.24) is 14.5 Å². The zero-order valence-corrected chi connectivity index (χ0v) is 13.5. The Kier molecular flexibility index (Phi) is 5.24. The summed E-state index contributed by atoms with van der Waals surface area (Å²) in [6, 6.07) is -0.422. The lowest BCUT2D eigenvalue weighted by atomic mass is 10.1. The lowest BCUT2D eigenvalue weighted by Gasteiger charge is -2.39. The van der Waals surface area contributed by atoms with Crippen molar-refractivity contribution in [2.75, 3.05) is 31.9 Å². The zero-order chi connectivity index (χ0) is 15.6. The van der Waals surface area contributed by atoms with Crippen molar-refractivity contribution in [2.45, 2.75) is 44.9 Å². The van der Waals surface area contributed by atoms with Crippen molar-refractivity contribution < 1.29 is 18.3 Å². The van der Waals surface area contributed by atoms with Gasteiger partial charge < -0.3 is 10.0 Å². The van der Waals surface area contributed by atoms with Gasteiger partial charge in [-0.3, -0.25) is 9.69 Å². The van der Waals surface area contributed by atoms with Gasteiger partial charge >= 0.3 is 0 Å². The van der Waals surface area contributed by atoms with Crippen LogP contribution >= 0.6 is 0 Å². The Morgan fingerprint density at radius 2 is 1.86 bits per heavy atom. The van der Waals surface area contributed by atoms with E-state index in [4.69, 9.17) is 0 Å². The highest BCUT2D eigenvalue weighted by molar-refractivity contribution is 7.89. The number of piperazine rings is 1. The van der Waals surface area contributed by atoms with Crippen LogP contribution in [-0.2, 0) is 14.8 Å². The third-order valence-corrected chi connectivity index (χ3v) is 5.94. The van der Waals surface area contributed by atoms with E-state index in [2.05, 4.69) is 9.62 Å². The maximum absolute atomic E-state index is 11.6. The van der Waals surface area contributed by atoms with Crippen molar-refractivity contribution >= 4 is 15.9 Å². The molecular formula is C13H25N3O4S. The maximum atomic E-state index is 11.6. The molecule has 2 aliphatic rings. The fourth-order valence-corrected chi connectivity index (χ4v) is 4.05. The average Bonchev–Trinajstić information content (AvgIpc) is 2.80. The first-order chi connectivity index (χ1) is 9.84. The smallest absolute Gasteiger partial charge is 0.219 e. The van der Waals surface area contributed by atoms with E-state index in [0.29, 0.717) is 19.5 Å². The fraction of sp³-hybridized carbons (Fsp3) is 0.923. The van der Waals surface area contributed by atoms with Crippen LogP contribution in [0, 0.1) is 0 Å². The summed E-state index contributed by atoms with van der Waals surface area (Å²) in [6.07, 6.45) is 0.742. The summed E-state index contributed by atoms with van der Waals surface area (Å²) in [4.78, 5) is 15.3. The Bertz CT molecular complexity index is 474. The van der Waals surface area contributed by atoms with Gasteiger partial charge in [-0.1, -0.05) is 0 Å². The van der Waals surface area contributed by atoms with Gasteiger partial charge in [0, 0.05) is 45.2 Å². The molecule has 1 heterocycles. The van der Waals surface area contributed by atoms with Gasteiger partial charge in [0.2, 0.25) is 15.9 Å². The Morgan fingerprint density at radius 1 is 1.24 bits per heavy atom. The van der Waals surface area contributed by atoms with Crippen LogP contribution < -0.4 is 4.72 Å². The molecule has 122 valence electrons. The molecule has 1 aliphatic heterocycles. The quantitative estimate of drug-likeness (QED) is 0.692. The molecule has 0 aromatic carbocycles. The second-order valence-corrected chi connectivity index (χ2v) is 7.85. The summed E-state index contributed by atoms with van der Waals surface area (Å²) in [5.41, 5.74) is 0. The standard InChI is InChI=1S/C13H25N3O4S/c1-3-21(19,20)14-11-4-5-12(13(11)18)16-8-6-15(7-9-16)10(2)17/h11-14,18H,3-9H2,1-2H3/t11-,12-,13-/m1/s1. The summed E-state index contributed by atoms with van der Waals surface area (Å²) in [7, 11) is -3.29. The minimum absolute atomic E-state index is 0.0244. The van der Waals surface area contributed by atoms with Crippen LogP contribution in [0.4, 0.5) is 0 Å². The Labute approximate surface area is 126 Å². The number of carbonyl (C=O) groups is 1. The predicted octanol–water partition coefficient (Wildman–Crippen LogP) is -1.02. The first kappa shape index (κ1) is 16.7. The Balaban J connectivity index is 1.90. The van der Waals surface area contributed by atoms with Gasteiger partial charge in [-0.25, -0.2) is 13.1 Å². The summed E-state index contributed by atoms with van der Waals surface area (Å²) < 4.78 is 25.8. The average molecular weight is 319 g/mol. The number of rotatable bonds is 4. The van der Waals surface area contributed by atoms with Crippen molar-refractivity contribution in [2.24, 2.45) is 0 Å². The summed E-state index contributed by atoms with van der Waals surface area (Å²) in [5, 5.41) is 10.4. The SMILES string of the molecule is CCS(=O)(=O)N[C@@H]1CC[C@@H](N2CCN(C(C)=O)CC2)[C@@H]1O. The van der Waals surface area contributed by atoms with E-state index in [1.54, 1.807) is 18.7 Å². The van der Waals surface area contributed by atoms with E-state index in [9.17, 15) is 18.3 Å². The molecule has 1 saturated carbocycles. The van der Waals surface area contributed by atoms with E-state index in [0.717, 1.165) is 19.5 Å². The molecule has 0 aromatic rings. The van der Waals surface area contributed by atoms with E-state index in [-0.39, 0.29) is 17.7 Å². The summed E-state index contributed by atoms with van der Waals surface area (Å²) >= 11 is 0. The van der Waals surface area contributed by atoms with E-state index in [1.165, 1.54) is 0 Å². The molecule has 0 aromatic heterocycles. The molecule has 2 rings (SSSR count). The number of aliphatic hydroxyl groups excluding tert-OH is 1. The van der Waals surface area contributed by atoms with Crippen LogP contribution in [0.15, 0.2) is 0 Å². The van der Waals surface area contributed by atoms with Gasteiger partial charge in [0.05, 0.1) is 11.9 Å². The van der Waals surface area contributed by atoms with Crippen molar-refractivity contribution in [3.05, 3.63) is 0 Å². The highest BCUT2D eigenvalue weighted by Gasteiger charge is 2.40. The van der Waals surface area contributed by atoms with Gasteiger partial charge in [0.25, 0.3) is 0 Å². The van der Waals surface area contributed by atoms with Crippen molar-refractivity contribution in [3.8, 4) is 0 Å². The molecule has 8 heteroatoms. The van der Waals surface area contributed by atoms with Crippen LogP contribution in [0.1, 0.15) is 26.7 Å². The number of hydrogen-bond acceptors (Lipinski definition) is 5. The molecule has 0 radical (unpaired) electrons. The molecule has 7 nitrogen and oxygen atoms in total. The predicted molar refractivity (Wildman–Crippen MR) is 79.2 cm³/mol. The van der Waals surface area contributed by atoms with Crippen molar-refractivity contribution in [1.29, 1.82) is 0 Å². The normalized spacial score (nSPS) is 31.6. The second kappa shape index (κ2) is 6.60.